The highest BCUT2D eigenvalue weighted by Crippen LogP contribution is 2.25. The molecule has 0 radical (unpaired) electrons. The van der Waals surface area contributed by atoms with Crippen molar-refractivity contribution in [2.75, 3.05) is 5.75 Å². The van der Waals surface area contributed by atoms with Crippen LogP contribution in [0.5, 0.6) is 0 Å². The van der Waals surface area contributed by atoms with Crippen LogP contribution in [0.25, 0.3) is 11.4 Å². The van der Waals surface area contributed by atoms with E-state index in [2.05, 4.69) is 61.9 Å². The van der Waals surface area contributed by atoms with Crippen molar-refractivity contribution in [1.29, 1.82) is 0 Å². The molecular weight excluding hydrogens is 444 g/mol. The Hall–Kier alpha value is -1.35. The third-order valence-electron chi connectivity index (χ3n) is 6.99. The molecule has 1 aromatic carbocycles. The van der Waals surface area contributed by atoms with Gasteiger partial charge in [0.2, 0.25) is 0 Å². The van der Waals surface area contributed by atoms with Gasteiger partial charge in [-0.2, -0.15) is 0 Å². The number of unbranched alkanes of at least 4 members (excludes halogenated alkanes) is 9. The molecule has 0 aliphatic rings. The van der Waals surface area contributed by atoms with Crippen molar-refractivity contribution >= 4 is 11.8 Å². The number of rotatable bonds is 20. The number of benzene rings is 1. The molecule has 35 heavy (non-hydrogen) atoms. The van der Waals surface area contributed by atoms with Crippen LogP contribution in [0.3, 0.4) is 0 Å². The van der Waals surface area contributed by atoms with E-state index in [0.29, 0.717) is 0 Å². The lowest BCUT2D eigenvalue weighted by Crippen LogP contribution is -1.98. The van der Waals surface area contributed by atoms with E-state index in [9.17, 15) is 0 Å². The molecule has 0 bridgehead atoms. The fourth-order valence-electron chi connectivity index (χ4n) is 4.55. The van der Waals surface area contributed by atoms with Crippen molar-refractivity contribution in [2.24, 2.45) is 11.8 Å². The Morgan fingerprint density at radius 2 is 1.29 bits per heavy atom. The van der Waals surface area contributed by atoms with Crippen molar-refractivity contribution in [1.82, 2.24) is 9.97 Å². The molecule has 196 valence electrons. The van der Waals surface area contributed by atoms with E-state index in [1.807, 2.05) is 24.2 Å². The summed E-state index contributed by atoms with van der Waals surface area (Å²) in [6.07, 6.45) is 24.3. The van der Waals surface area contributed by atoms with Crippen molar-refractivity contribution in [3.8, 4) is 11.4 Å². The molecule has 0 amide bonds. The lowest BCUT2D eigenvalue weighted by molar-refractivity contribution is 0.451. The van der Waals surface area contributed by atoms with Gasteiger partial charge in [-0.1, -0.05) is 117 Å². The van der Waals surface area contributed by atoms with Crippen LogP contribution in [0.1, 0.15) is 123 Å². The normalized spacial score (nSPS) is 12.4. The minimum Gasteiger partial charge on any atom is -0.236 e. The lowest BCUT2D eigenvalue weighted by Gasteiger charge is -2.12. The fourth-order valence-corrected chi connectivity index (χ4v) is 5.63. The Morgan fingerprint density at radius 1 is 0.686 bits per heavy atom. The van der Waals surface area contributed by atoms with E-state index in [-0.39, 0.29) is 0 Å². The second-order valence-corrected chi connectivity index (χ2v) is 12.1. The summed E-state index contributed by atoms with van der Waals surface area (Å²) in [7, 11) is 0. The van der Waals surface area contributed by atoms with Crippen LogP contribution in [-0.2, 0) is 6.42 Å². The van der Waals surface area contributed by atoms with Crippen LogP contribution in [0.15, 0.2) is 41.6 Å². The summed E-state index contributed by atoms with van der Waals surface area (Å²) < 4.78 is 0. The van der Waals surface area contributed by atoms with Crippen molar-refractivity contribution in [2.45, 2.75) is 129 Å². The number of hydrogen-bond donors (Lipinski definition) is 0. The van der Waals surface area contributed by atoms with Crippen LogP contribution in [0.2, 0.25) is 0 Å². The molecule has 0 saturated carbocycles. The fraction of sp³-hybridized carbons (Fsp3) is 0.688. The molecule has 1 unspecified atom stereocenters. The Labute approximate surface area is 221 Å². The SMILES string of the molecule is CCCCCCCCCCCCc1cnc(-c2ccc(SCCC(C)CCCC(C)C)cc2)nc1. The highest BCUT2D eigenvalue weighted by Gasteiger charge is 2.06. The molecule has 1 aromatic heterocycles. The molecule has 0 fully saturated rings. The second kappa shape index (κ2) is 18.9. The first-order chi connectivity index (χ1) is 17.1. The zero-order chi connectivity index (χ0) is 25.1. The number of nitrogens with zero attached hydrogens (tertiary/aromatic N) is 2. The summed E-state index contributed by atoms with van der Waals surface area (Å²) in [5, 5.41) is 0. The van der Waals surface area contributed by atoms with Gasteiger partial charge in [0.25, 0.3) is 0 Å². The Bertz CT molecular complexity index is 754. The first-order valence-electron chi connectivity index (χ1n) is 14.6. The standard InChI is InChI=1S/C32H52N2S/c1-5-6-7-8-9-10-11-12-13-14-18-29-25-33-32(34-26-29)30-19-21-31(22-20-30)35-24-23-28(4)17-15-16-27(2)3/h19-22,25-28H,5-18,23-24H2,1-4H3. The zero-order valence-corrected chi connectivity index (χ0v) is 24.1. The molecule has 2 rings (SSSR count). The summed E-state index contributed by atoms with van der Waals surface area (Å²) in [4.78, 5) is 10.6. The average molecular weight is 497 g/mol. The first-order valence-corrected chi connectivity index (χ1v) is 15.6. The topological polar surface area (TPSA) is 25.8 Å². The molecule has 2 aromatic rings. The summed E-state index contributed by atoms with van der Waals surface area (Å²) in [5.41, 5.74) is 2.38. The van der Waals surface area contributed by atoms with E-state index >= 15 is 0 Å². The molecule has 0 aliphatic carbocycles. The predicted octanol–water partition coefficient (Wildman–Crippen LogP) is 10.6. The maximum absolute atomic E-state index is 4.65. The monoisotopic (exact) mass is 496 g/mol. The Kier molecular flexibility index (Phi) is 16.1. The van der Waals surface area contributed by atoms with E-state index in [0.717, 1.165) is 29.6 Å². The van der Waals surface area contributed by atoms with Gasteiger partial charge in [0.05, 0.1) is 0 Å². The molecule has 2 nitrogen and oxygen atoms in total. The smallest absolute Gasteiger partial charge is 0.159 e. The lowest BCUT2D eigenvalue weighted by atomic mass is 9.98. The van der Waals surface area contributed by atoms with Gasteiger partial charge in [0.15, 0.2) is 5.82 Å². The van der Waals surface area contributed by atoms with E-state index in [4.69, 9.17) is 0 Å². The molecule has 3 heteroatoms. The third-order valence-corrected chi connectivity index (χ3v) is 8.04. The van der Waals surface area contributed by atoms with Gasteiger partial charge >= 0.3 is 0 Å². The third kappa shape index (κ3) is 14.1. The highest BCUT2D eigenvalue weighted by molar-refractivity contribution is 7.99. The van der Waals surface area contributed by atoms with Gasteiger partial charge in [-0.15, -0.1) is 11.8 Å². The Morgan fingerprint density at radius 3 is 1.89 bits per heavy atom. The second-order valence-electron chi connectivity index (χ2n) is 10.9. The largest absolute Gasteiger partial charge is 0.236 e. The van der Waals surface area contributed by atoms with Crippen molar-refractivity contribution in [3.05, 3.63) is 42.2 Å². The Balaban J connectivity index is 1.60. The molecule has 0 spiro atoms. The van der Waals surface area contributed by atoms with Crippen LogP contribution < -0.4 is 0 Å². The minimum atomic E-state index is 0.827. The zero-order valence-electron chi connectivity index (χ0n) is 23.2. The van der Waals surface area contributed by atoms with E-state index < -0.39 is 0 Å². The number of thioether (sulfide) groups is 1. The number of aromatic nitrogens is 2. The summed E-state index contributed by atoms with van der Waals surface area (Å²) in [6.45, 7) is 9.33. The average Bonchev–Trinajstić information content (AvgIpc) is 2.86. The van der Waals surface area contributed by atoms with Gasteiger partial charge < -0.3 is 0 Å². The number of aryl methyl sites for hydroxylation is 1. The van der Waals surface area contributed by atoms with Gasteiger partial charge in [0.1, 0.15) is 0 Å². The van der Waals surface area contributed by atoms with Crippen LogP contribution in [0.4, 0.5) is 0 Å². The summed E-state index contributed by atoms with van der Waals surface area (Å²) in [5.74, 6) is 3.70. The predicted molar refractivity (Wildman–Crippen MR) is 156 cm³/mol. The van der Waals surface area contributed by atoms with E-state index in [1.54, 1.807) is 0 Å². The maximum atomic E-state index is 4.65. The summed E-state index contributed by atoms with van der Waals surface area (Å²) >= 11 is 1.97. The maximum Gasteiger partial charge on any atom is 0.159 e. The molecule has 0 aliphatic heterocycles. The molecule has 0 N–H and O–H groups in total. The highest BCUT2D eigenvalue weighted by atomic mass is 32.2. The van der Waals surface area contributed by atoms with Crippen molar-refractivity contribution in [3.63, 3.8) is 0 Å². The van der Waals surface area contributed by atoms with Crippen LogP contribution in [-0.4, -0.2) is 15.7 Å². The quantitative estimate of drug-likeness (QED) is 0.135. The van der Waals surface area contributed by atoms with Crippen molar-refractivity contribution < 1.29 is 0 Å². The number of hydrogen-bond acceptors (Lipinski definition) is 3. The summed E-state index contributed by atoms with van der Waals surface area (Å²) in [6, 6.07) is 8.80. The molecular formula is C32H52N2S. The first kappa shape index (κ1) is 29.9. The van der Waals surface area contributed by atoms with Gasteiger partial charge in [-0.05, 0) is 54.5 Å². The van der Waals surface area contributed by atoms with Gasteiger partial charge in [-0.25, -0.2) is 9.97 Å². The van der Waals surface area contributed by atoms with Gasteiger partial charge in [0, 0.05) is 22.9 Å². The molecule has 1 heterocycles. The molecule has 0 saturated heterocycles. The minimum absolute atomic E-state index is 0.827. The van der Waals surface area contributed by atoms with Gasteiger partial charge in [-0.3, -0.25) is 0 Å². The molecule has 1 atom stereocenters. The van der Waals surface area contributed by atoms with Crippen LogP contribution >= 0.6 is 11.8 Å². The van der Waals surface area contributed by atoms with E-state index in [1.165, 1.54) is 106 Å². The van der Waals surface area contributed by atoms with Crippen LogP contribution in [0, 0.1) is 11.8 Å².